The van der Waals surface area contributed by atoms with Crippen LogP contribution in [0.15, 0.2) is 27.4 Å². The summed E-state index contributed by atoms with van der Waals surface area (Å²) >= 11 is 0. The lowest BCUT2D eigenvalue weighted by Crippen LogP contribution is -2.40. The Bertz CT molecular complexity index is 881. The molecule has 1 aromatic heterocycles. The summed E-state index contributed by atoms with van der Waals surface area (Å²) < 4.78 is 12.8. The summed E-state index contributed by atoms with van der Waals surface area (Å²) in [6, 6.07) is 0. The number of rotatable bonds is 9. The first kappa shape index (κ1) is 23.8. The number of nitrogens with zero attached hydrogens (tertiary/aromatic N) is 1. The van der Waals surface area contributed by atoms with Gasteiger partial charge in [-0.25, -0.2) is 4.79 Å². The van der Waals surface area contributed by atoms with E-state index < -0.39 is 42.7 Å². The molecule has 1 saturated heterocycles. The fourth-order valence-corrected chi connectivity index (χ4v) is 4.19. The topological polar surface area (TPSA) is 106 Å². The lowest BCUT2D eigenvalue weighted by molar-refractivity contribution is -0.0542. The van der Waals surface area contributed by atoms with E-state index >= 15 is 0 Å². The normalized spacial score (nSPS) is 24.6. The molecule has 29 heavy (non-hydrogen) atoms. The molecule has 1 aromatic rings. The van der Waals surface area contributed by atoms with E-state index in [4.69, 9.17) is 9.47 Å². The zero-order chi connectivity index (χ0) is 21.8. The van der Waals surface area contributed by atoms with Gasteiger partial charge in [-0.15, -0.1) is 13.2 Å². The van der Waals surface area contributed by atoms with Gasteiger partial charge in [-0.05, 0) is 39.8 Å². The van der Waals surface area contributed by atoms with E-state index in [0.29, 0.717) is 25.1 Å². The number of H-pyrrole nitrogens is 1. The summed E-state index contributed by atoms with van der Waals surface area (Å²) in [5.74, 6) is 0. The van der Waals surface area contributed by atoms with Crippen LogP contribution in [0.2, 0.25) is 0 Å². The first-order valence-corrected chi connectivity index (χ1v) is 12.8. The van der Waals surface area contributed by atoms with Crippen molar-refractivity contribution < 1.29 is 14.6 Å². The second-order valence-corrected chi connectivity index (χ2v) is 12.8. The monoisotopic (exact) mass is 427 g/mol. The predicted molar refractivity (Wildman–Crippen MR) is 119 cm³/mol. The second kappa shape index (κ2) is 10.0. The Morgan fingerprint density at radius 1 is 1.45 bits per heavy atom. The number of aliphatic hydroxyl groups excluding tert-OH is 1. The lowest BCUT2D eigenvalue weighted by Gasteiger charge is -2.21. The van der Waals surface area contributed by atoms with Crippen molar-refractivity contribution in [2.75, 3.05) is 33.1 Å². The molecule has 0 bridgehead atoms. The van der Waals surface area contributed by atoms with Gasteiger partial charge in [0.05, 0.1) is 6.10 Å². The van der Waals surface area contributed by atoms with Crippen molar-refractivity contribution in [3.05, 3.63) is 44.2 Å². The van der Waals surface area contributed by atoms with Gasteiger partial charge in [0, 0.05) is 32.0 Å². The van der Waals surface area contributed by atoms with Crippen molar-refractivity contribution in [3.63, 3.8) is 0 Å². The van der Waals surface area contributed by atoms with Gasteiger partial charge in [0.25, 0.3) is 5.56 Å². The molecule has 0 aliphatic carbocycles. The molecule has 0 saturated carbocycles. The summed E-state index contributed by atoms with van der Waals surface area (Å²) in [7, 11) is 1.48. The minimum absolute atomic E-state index is 0.302. The highest BCUT2D eigenvalue weighted by atomic mass is 31.2. The Morgan fingerprint density at radius 3 is 2.72 bits per heavy atom. The number of methoxy groups -OCH3 is 1. The molecule has 9 heteroatoms. The van der Waals surface area contributed by atoms with Crippen LogP contribution in [0, 0.1) is 0 Å². The van der Waals surface area contributed by atoms with E-state index in [1.807, 2.05) is 19.9 Å². The van der Waals surface area contributed by atoms with Gasteiger partial charge >= 0.3 is 5.69 Å². The highest BCUT2D eigenvalue weighted by Gasteiger charge is 2.45. The van der Waals surface area contributed by atoms with Gasteiger partial charge in [0.1, 0.15) is 12.2 Å². The van der Waals surface area contributed by atoms with Crippen molar-refractivity contribution >= 4 is 13.2 Å². The smallest absolute Gasteiger partial charge is 0.330 e. The third-order valence-corrected chi connectivity index (χ3v) is 6.36. The summed E-state index contributed by atoms with van der Waals surface area (Å²) in [5.41, 5.74) is 0.552. The molecule has 8 nitrogen and oxygen atoms in total. The van der Waals surface area contributed by atoms with Crippen molar-refractivity contribution in [3.8, 4) is 0 Å². The van der Waals surface area contributed by atoms with Crippen molar-refractivity contribution in [2.24, 2.45) is 0 Å². The van der Waals surface area contributed by atoms with Crippen LogP contribution in [0.25, 0.3) is 0 Å². The maximum Gasteiger partial charge on any atom is 0.330 e. The van der Waals surface area contributed by atoms with Gasteiger partial charge in [-0.3, -0.25) is 14.3 Å². The molecule has 1 aliphatic rings. The minimum Gasteiger partial charge on any atom is -0.388 e. The number of nitrogens with one attached hydrogen (secondary N) is 2. The van der Waals surface area contributed by atoms with E-state index in [-0.39, 0.29) is 0 Å². The maximum absolute atomic E-state index is 12.4. The molecule has 0 spiro atoms. The number of ether oxygens (including phenoxy) is 2. The van der Waals surface area contributed by atoms with Crippen molar-refractivity contribution in [2.45, 2.75) is 51.4 Å². The molecule has 1 fully saturated rings. The van der Waals surface area contributed by atoms with Gasteiger partial charge in [0.15, 0.2) is 6.23 Å². The highest BCUT2D eigenvalue weighted by molar-refractivity contribution is 7.72. The second-order valence-electron chi connectivity index (χ2n) is 8.44. The van der Waals surface area contributed by atoms with E-state index in [2.05, 4.69) is 29.9 Å². The summed E-state index contributed by atoms with van der Waals surface area (Å²) in [6.07, 6.45) is 6.35. The molecule has 164 valence electrons. The van der Waals surface area contributed by atoms with E-state index in [1.54, 1.807) is 0 Å². The third-order valence-electron chi connectivity index (χ3n) is 4.89. The van der Waals surface area contributed by atoms with Gasteiger partial charge in [-0.1, -0.05) is 11.6 Å². The highest BCUT2D eigenvalue weighted by Crippen LogP contribution is 2.39. The Labute approximate surface area is 171 Å². The average Bonchev–Trinajstić information content (AvgIpc) is 2.93. The summed E-state index contributed by atoms with van der Waals surface area (Å²) in [5, 5.41) is 13.8. The molecule has 0 radical (unpaired) electrons. The fraction of sp³-hybridized carbons (Fsp3) is 0.650. The molecule has 0 aromatic carbocycles. The van der Waals surface area contributed by atoms with E-state index in [1.165, 1.54) is 23.4 Å². The van der Waals surface area contributed by atoms with E-state index in [9.17, 15) is 14.7 Å². The Hall–Kier alpha value is -1.44. The third kappa shape index (κ3) is 6.52. The average molecular weight is 427 g/mol. The molecule has 3 N–H and O–H groups in total. The summed E-state index contributed by atoms with van der Waals surface area (Å²) in [4.78, 5) is 27.0. The number of aliphatic hydroxyl groups is 1. The SMILES string of the molecule is C=P(C)(C)CC[C@H]1O[C@@H](n2cc(CNCC=C(C)C)c(=O)[nH]c2=O)[C@H](OC)[C@@H]1O. The Balaban J connectivity index is 2.23. The van der Waals surface area contributed by atoms with Gasteiger partial charge in [0.2, 0.25) is 0 Å². The van der Waals surface area contributed by atoms with Crippen LogP contribution in [0.3, 0.4) is 0 Å². The standard InChI is InChI=1S/C20H34N3O5P/c1-13(2)7-9-21-11-14-12-23(20(26)22-18(14)25)19-17(27-3)16(24)15(28-19)8-10-29(4,5)6/h7,12,15-17,19,21,24H,4,8-11H2,1-3,5-6H3,(H,22,25,26)/t15-,16-,17-,19-/m1/s1. The van der Waals surface area contributed by atoms with E-state index in [0.717, 1.165) is 6.16 Å². The van der Waals surface area contributed by atoms with Crippen LogP contribution in [-0.4, -0.2) is 72.4 Å². The zero-order valence-corrected chi connectivity index (χ0v) is 18.9. The van der Waals surface area contributed by atoms with Crippen molar-refractivity contribution in [1.29, 1.82) is 0 Å². The van der Waals surface area contributed by atoms with Crippen LogP contribution >= 0.6 is 6.89 Å². The van der Waals surface area contributed by atoms with Crippen LogP contribution in [0.1, 0.15) is 32.1 Å². The Kier molecular flexibility index (Phi) is 8.26. The van der Waals surface area contributed by atoms with Crippen molar-refractivity contribution in [1.82, 2.24) is 14.9 Å². The molecule has 4 atom stereocenters. The first-order chi connectivity index (χ1) is 13.5. The van der Waals surface area contributed by atoms with Crippen LogP contribution in [0.5, 0.6) is 0 Å². The largest absolute Gasteiger partial charge is 0.388 e. The minimum atomic E-state index is -1.27. The number of allylic oxidation sites excluding steroid dienone is 1. The Morgan fingerprint density at radius 2 is 2.14 bits per heavy atom. The quantitative estimate of drug-likeness (QED) is 0.308. The number of hydrogen-bond acceptors (Lipinski definition) is 6. The molecule has 1 aliphatic heterocycles. The van der Waals surface area contributed by atoms with Gasteiger partial charge in [-0.2, -0.15) is 0 Å². The number of aromatic amines is 1. The maximum atomic E-state index is 12.4. The number of hydrogen-bond donors (Lipinski definition) is 3. The van der Waals surface area contributed by atoms with Gasteiger partial charge < -0.3 is 19.9 Å². The molecule has 2 heterocycles. The molecule has 2 rings (SSSR count). The van der Waals surface area contributed by atoms with Crippen LogP contribution < -0.4 is 16.6 Å². The molecule has 0 amide bonds. The lowest BCUT2D eigenvalue weighted by atomic mass is 10.1. The fourth-order valence-electron chi connectivity index (χ4n) is 3.24. The molecule has 0 unspecified atom stereocenters. The zero-order valence-electron chi connectivity index (χ0n) is 18.0. The summed E-state index contributed by atoms with van der Waals surface area (Å²) in [6.45, 7) is 7.89. The predicted octanol–water partition coefficient (Wildman–Crippen LogP) is 0.965. The molecular formula is C20H34N3O5P. The number of aromatic nitrogens is 2. The molecular weight excluding hydrogens is 393 g/mol. The van der Waals surface area contributed by atoms with Crippen LogP contribution in [0.4, 0.5) is 0 Å². The first-order valence-electron chi connectivity index (χ1n) is 9.75. The van der Waals surface area contributed by atoms with Crippen LogP contribution in [-0.2, 0) is 16.0 Å².